The Morgan fingerprint density at radius 1 is 1.13 bits per heavy atom. The first kappa shape index (κ1) is 21.3. The number of rotatable bonds is 4. The molecular weight excluding hydrogens is 410 g/mol. The third-order valence-corrected chi connectivity index (χ3v) is 6.42. The molecule has 7 heteroatoms. The van der Waals surface area contributed by atoms with Crippen molar-refractivity contribution in [2.75, 3.05) is 18.4 Å². The Hall–Kier alpha value is -2.93. The number of amides is 2. The van der Waals surface area contributed by atoms with Gasteiger partial charge in [-0.15, -0.1) is 11.3 Å². The summed E-state index contributed by atoms with van der Waals surface area (Å²) in [5, 5.41) is 5.53. The SMILES string of the molecule is CC(C)(C)c1ccc(-c2csc(NC(=O)C3CCN(C(=O)c4ccco4)CC3)n2)cc1. The van der Waals surface area contributed by atoms with Crippen molar-refractivity contribution in [2.24, 2.45) is 5.92 Å². The van der Waals surface area contributed by atoms with Crippen molar-refractivity contribution in [1.82, 2.24) is 9.88 Å². The molecule has 0 radical (unpaired) electrons. The van der Waals surface area contributed by atoms with Crippen molar-refractivity contribution < 1.29 is 14.0 Å². The van der Waals surface area contributed by atoms with Crippen LogP contribution in [0.5, 0.6) is 0 Å². The Morgan fingerprint density at radius 3 is 2.45 bits per heavy atom. The molecule has 3 aromatic rings. The summed E-state index contributed by atoms with van der Waals surface area (Å²) < 4.78 is 5.19. The number of likely N-dealkylation sites (tertiary alicyclic amines) is 1. The Balaban J connectivity index is 1.33. The van der Waals surface area contributed by atoms with E-state index in [9.17, 15) is 9.59 Å². The molecule has 6 nitrogen and oxygen atoms in total. The largest absolute Gasteiger partial charge is 0.459 e. The maximum absolute atomic E-state index is 12.7. The smallest absolute Gasteiger partial charge is 0.289 e. The van der Waals surface area contributed by atoms with E-state index in [1.54, 1.807) is 17.0 Å². The molecule has 1 aromatic carbocycles. The Morgan fingerprint density at radius 2 is 1.84 bits per heavy atom. The summed E-state index contributed by atoms with van der Waals surface area (Å²) in [6.45, 7) is 7.66. The fourth-order valence-electron chi connectivity index (χ4n) is 3.71. The van der Waals surface area contributed by atoms with Crippen LogP contribution >= 0.6 is 11.3 Å². The normalized spacial score (nSPS) is 15.1. The average Bonchev–Trinajstić information content (AvgIpc) is 3.45. The van der Waals surface area contributed by atoms with E-state index in [0.717, 1.165) is 11.3 Å². The number of thiazole rings is 1. The summed E-state index contributed by atoms with van der Waals surface area (Å²) in [5.41, 5.74) is 3.28. The predicted molar refractivity (Wildman–Crippen MR) is 122 cm³/mol. The van der Waals surface area contributed by atoms with Crippen molar-refractivity contribution >= 4 is 28.3 Å². The molecule has 3 heterocycles. The summed E-state index contributed by atoms with van der Waals surface area (Å²) in [7, 11) is 0. The van der Waals surface area contributed by atoms with Gasteiger partial charge in [-0.1, -0.05) is 45.0 Å². The molecule has 1 saturated heterocycles. The van der Waals surface area contributed by atoms with Crippen LogP contribution in [0.4, 0.5) is 5.13 Å². The molecule has 0 atom stereocenters. The molecule has 0 unspecified atom stereocenters. The predicted octanol–water partition coefficient (Wildman–Crippen LogP) is 5.19. The molecule has 0 spiro atoms. The highest BCUT2D eigenvalue weighted by Gasteiger charge is 2.29. The van der Waals surface area contributed by atoms with E-state index in [1.165, 1.54) is 23.2 Å². The van der Waals surface area contributed by atoms with Gasteiger partial charge < -0.3 is 14.6 Å². The van der Waals surface area contributed by atoms with Gasteiger partial charge in [-0.2, -0.15) is 0 Å². The maximum atomic E-state index is 12.7. The van der Waals surface area contributed by atoms with E-state index in [0.29, 0.717) is 36.8 Å². The fourth-order valence-corrected chi connectivity index (χ4v) is 4.44. The third-order valence-electron chi connectivity index (χ3n) is 5.67. The van der Waals surface area contributed by atoms with Gasteiger partial charge in [0.1, 0.15) is 0 Å². The summed E-state index contributed by atoms with van der Waals surface area (Å²) in [5.74, 6) is 0.0628. The second-order valence-corrected chi connectivity index (χ2v) is 9.76. The second-order valence-electron chi connectivity index (χ2n) is 8.90. The zero-order valence-electron chi connectivity index (χ0n) is 18.1. The number of hydrogen-bond donors (Lipinski definition) is 1. The van der Waals surface area contributed by atoms with Gasteiger partial charge in [0.15, 0.2) is 10.9 Å². The minimum Gasteiger partial charge on any atom is -0.459 e. The van der Waals surface area contributed by atoms with Crippen LogP contribution in [0.3, 0.4) is 0 Å². The number of piperidine rings is 1. The molecule has 2 aromatic heterocycles. The summed E-state index contributed by atoms with van der Waals surface area (Å²) in [6.07, 6.45) is 2.75. The highest BCUT2D eigenvalue weighted by atomic mass is 32.1. The number of aromatic nitrogens is 1. The van der Waals surface area contributed by atoms with E-state index in [-0.39, 0.29) is 23.1 Å². The van der Waals surface area contributed by atoms with Gasteiger partial charge in [-0.25, -0.2) is 4.98 Å². The van der Waals surface area contributed by atoms with Gasteiger partial charge in [0.05, 0.1) is 12.0 Å². The molecule has 0 bridgehead atoms. The van der Waals surface area contributed by atoms with Crippen molar-refractivity contribution in [3.05, 3.63) is 59.4 Å². The van der Waals surface area contributed by atoms with E-state index in [4.69, 9.17) is 4.42 Å². The topological polar surface area (TPSA) is 75.4 Å². The number of anilines is 1. The highest BCUT2D eigenvalue weighted by Crippen LogP contribution is 2.29. The first-order valence-electron chi connectivity index (χ1n) is 10.5. The van der Waals surface area contributed by atoms with Gasteiger partial charge in [-0.05, 0) is 36.0 Å². The molecule has 162 valence electrons. The Bertz CT molecular complexity index is 1040. The van der Waals surface area contributed by atoms with Gasteiger partial charge in [0.25, 0.3) is 5.91 Å². The van der Waals surface area contributed by atoms with Gasteiger partial charge >= 0.3 is 0 Å². The first-order chi connectivity index (χ1) is 14.8. The minimum atomic E-state index is -0.126. The molecule has 1 fully saturated rings. The number of carbonyl (C=O) groups is 2. The molecule has 4 rings (SSSR count). The number of carbonyl (C=O) groups excluding carboxylic acids is 2. The van der Waals surface area contributed by atoms with Crippen molar-refractivity contribution in [3.8, 4) is 11.3 Å². The standard InChI is InChI=1S/C24H27N3O3S/c1-24(2,3)18-8-6-16(7-9-18)19-15-31-23(25-19)26-21(28)17-10-12-27(13-11-17)22(29)20-5-4-14-30-20/h4-9,14-15,17H,10-13H2,1-3H3,(H,25,26,28). The van der Waals surface area contributed by atoms with E-state index >= 15 is 0 Å². The third kappa shape index (κ3) is 4.88. The molecule has 31 heavy (non-hydrogen) atoms. The Kier molecular flexibility index (Phi) is 5.96. The zero-order chi connectivity index (χ0) is 22.0. The first-order valence-corrected chi connectivity index (χ1v) is 11.4. The fraction of sp³-hybridized carbons (Fsp3) is 0.375. The Labute approximate surface area is 186 Å². The van der Waals surface area contributed by atoms with Crippen LogP contribution in [0.25, 0.3) is 11.3 Å². The maximum Gasteiger partial charge on any atom is 0.289 e. The van der Waals surface area contributed by atoms with Crippen molar-refractivity contribution in [1.29, 1.82) is 0 Å². The van der Waals surface area contributed by atoms with E-state index in [2.05, 4.69) is 55.3 Å². The van der Waals surface area contributed by atoms with E-state index < -0.39 is 0 Å². The molecule has 1 aliphatic rings. The molecule has 0 saturated carbocycles. The lowest BCUT2D eigenvalue weighted by Crippen LogP contribution is -2.41. The van der Waals surface area contributed by atoms with Crippen LogP contribution in [0.1, 0.15) is 49.7 Å². The number of hydrogen-bond acceptors (Lipinski definition) is 5. The van der Waals surface area contributed by atoms with Gasteiger partial charge in [-0.3, -0.25) is 9.59 Å². The number of nitrogens with one attached hydrogen (secondary N) is 1. The van der Waals surface area contributed by atoms with Crippen LogP contribution in [-0.4, -0.2) is 34.8 Å². The monoisotopic (exact) mass is 437 g/mol. The van der Waals surface area contributed by atoms with Crippen molar-refractivity contribution in [2.45, 2.75) is 39.0 Å². The lowest BCUT2D eigenvalue weighted by atomic mass is 9.86. The second kappa shape index (κ2) is 8.67. The highest BCUT2D eigenvalue weighted by molar-refractivity contribution is 7.14. The molecule has 1 aliphatic heterocycles. The molecule has 0 aliphatic carbocycles. The molecule has 2 amide bonds. The number of furan rings is 1. The van der Waals surface area contributed by atoms with Crippen LogP contribution in [0.2, 0.25) is 0 Å². The van der Waals surface area contributed by atoms with Gasteiger partial charge in [0.2, 0.25) is 5.91 Å². The molecule has 1 N–H and O–H groups in total. The van der Waals surface area contributed by atoms with E-state index in [1.807, 2.05) is 5.38 Å². The van der Waals surface area contributed by atoms with Crippen LogP contribution in [-0.2, 0) is 10.2 Å². The summed E-state index contributed by atoms with van der Waals surface area (Å²) in [6, 6.07) is 11.8. The molecular formula is C24H27N3O3S. The van der Waals surface area contributed by atoms with Crippen LogP contribution in [0, 0.1) is 5.92 Å². The lowest BCUT2D eigenvalue weighted by Gasteiger charge is -2.30. The quantitative estimate of drug-likeness (QED) is 0.609. The number of benzene rings is 1. The van der Waals surface area contributed by atoms with Crippen molar-refractivity contribution in [3.63, 3.8) is 0 Å². The minimum absolute atomic E-state index is 0.0333. The van der Waals surface area contributed by atoms with Crippen LogP contribution in [0.15, 0.2) is 52.5 Å². The van der Waals surface area contributed by atoms with Gasteiger partial charge in [0, 0.05) is 30.0 Å². The average molecular weight is 438 g/mol. The lowest BCUT2D eigenvalue weighted by molar-refractivity contribution is -0.121. The number of nitrogens with zero attached hydrogens (tertiary/aromatic N) is 2. The summed E-state index contributed by atoms with van der Waals surface area (Å²) >= 11 is 1.43. The zero-order valence-corrected chi connectivity index (χ0v) is 18.9. The summed E-state index contributed by atoms with van der Waals surface area (Å²) in [4.78, 5) is 31.4. The van der Waals surface area contributed by atoms with Crippen LogP contribution < -0.4 is 5.32 Å².